The number of carboxylic acids is 2. The molecule has 21 heavy (non-hydrogen) atoms. The first kappa shape index (κ1) is 15.7. The smallest absolute Gasteiger partial charge is 0.326 e. The van der Waals surface area contributed by atoms with Crippen LogP contribution in [-0.4, -0.2) is 45.5 Å². The highest BCUT2D eigenvalue weighted by Gasteiger charge is 2.40. The molecule has 7 heteroatoms. The molecule has 0 aromatic heterocycles. The molecule has 112 valence electrons. The number of carboxylic acid groups (broad SMARTS) is 2. The van der Waals surface area contributed by atoms with Gasteiger partial charge in [-0.2, -0.15) is 0 Å². The standard InChI is InChI=1S/C14H14INO5/c15-10-3-1-8(2-4-10)5-11(14(20)21)16-7-9(13(18)19)6-12(16)17/h1-4,9,11H,5-7H2,(H,18,19)(H,20,21). The number of benzene rings is 1. The van der Waals surface area contributed by atoms with Gasteiger partial charge < -0.3 is 15.1 Å². The maximum atomic E-state index is 11.9. The highest BCUT2D eigenvalue weighted by Crippen LogP contribution is 2.22. The Labute approximate surface area is 134 Å². The predicted octanol–water partition coefficient (Wildman–Crippen LogP) is 1.22. The van der Waals surface area contributed by atoms with E-state index in [1.807, 2.05) is 24.3 Å². The quantitative estimate of drug-likeness (QED) is 0.722. The molecule has 0 spiro atoms. The van der Waals surface area contributed by atoms with Gasteiger partial charge in [-0.05, 0) is 40.3 Å². The van der Waals surface area contributed by atoms with Crippen molar-refractivity contribution in [1.82, 2.24) is 4.90 Å². The van der Waals surface area contributed by atoms with Gasteiger partial charge in [-0.25, -0.2) is 4.79 Å². The van der Waals surface area contributed by atoms with Crippen molar-refractivity contribution in [3.63, 3.8) is 0 Å². The Morgan fingerprint density at radius 1 is 1.29 bits per heavy atom. The van der Waals surface area contributed by atoms with Crippen LogP contribution in [0.5, 0.6) is 0 Å². The summed E-state index contributed by atoms with van der Waals surface area (Å²) in [4.78, 5) is 35.4. The van der Waals surface area contributed by atoms with Gasteiger partial charge >= 0.3 is 11.9 Å². The third-order valence-corrected chi connectivity index (χ3v) is 4.23. The van der Waals surface area contributed by atoms with Gasteiger partial charge in [0.05, 0.1) is 5.92 Å². The molecule has 1 aliphatic heterocycles. The number of likely N-dealkylation sites (tertiary alicyclic amines) is 1. The van der Waals surface area contributed by atoms with Gasteiger partial charge in [-0.3, -0.25) is 9.59 Å². The van der Waals surface area contributed by atoms with Gasteiger partial charge in [0.2, 0.25) is 5.91 Å². The van der Waals surface area contributed by atoms with E-state index in [9.17, 15) is 19.5 Å². The van der Waals surface area contributed by atoms with Gasteiger partial charge in [0.15, 0.2) is 0 Å². The number of carbonyl (C=O) groups excluding carboxylic acids is 1. The van der Waals surface area contributed by atoms with Gasteiger partial charge in [0, 0.05) is 23.0 Å². The fourth-order valence-corrected chi connectivity index (χ4v) is 2.73. The normalized spacial score (nSPS) is 19.6. The van der Waals surface area contributed by atoms with Gasteiger partial charge in [0.25, 0.3) is 0 Å². The van der Waals surface area contributed by atoms with Crippen LogP contribution in [0.3, 0.4) is 0 Å². The van der Waals surface area contributed by atoms with Crippen molar-refractivity contribution in [1.29, 1.82) is 0 Å². The predicted molar refractivity (Wildman–Crippen MR) is 81.7 cm³/mol. The Morgan fingerprint density at radius 2 is 1.90 bits per heavy atom. The molecule has 0 saturated carbocycles. The Balaban J connectivity index is 2.16. The zero-order valence-electron chi connectivity index (χ0n) is 11.0. The van der Waals surface area contributed by atoms with E-state index in [0.29, 0.717) is 0 Å². The number of hydrogen-bond acceptors (Lipinski definition) is 3. The molecule has 0 bridgehead atoms. The first-order chi connectivity index (χ1) is 9.88. The van der Waals surface area contributed by atoms with Crippen molar-refractivity contribution < 1.29 is 24.6 Å². The molecule has 6 nitrogen and oxygen atoms in total. The van der Waals surface area contributed by atoms with Crippen LogP contribution in [0.2, 0.25) is 0 Å². The van der Waals surface area contributed by atoms with Crippen LogP contribution in [0.1, 0.15) is 12.0 Å². The third kappa shape index (κ3) is 3.72. The van der Waals surface area contributed by atoms with Crippen LogP contribution in [0.25, 0.3) is 0 Å². The second-order valence-electron chi connectivity index (χ2n) is 4.97. The molecular formula is C14H14INO5. The molecule has 1 aromatic carbocycles. The van der Waals surface area contributed by atoms with Crippen molar-refractivity contribution in [3.05, 3.63) is 33.4 Å². The molecule has 2 unspecified atom stereocenters. The monoisotopic (exact) mass is 403 g/mol. The fraction of sp³-hybridized carbons (Fsp3) is 0.357. The lowest BCUT2D eigenvalue weighted by Crippen LogP contribution is -2.44. The number of hydrogen-bond donors (Lipinski definition) is 2. The molecule has 2 atom stereocenters. The molecule has 2 rings (SSSR count). The molecule has 0 radical (unpaired) electrons. The average Bonchev–Trinajstić information content (AvgIpc) is 2.80. The molecule has 2 N–H and O–H groups in total. The maximum absolute atomic E-state index is 11.9. The summed E-state index contributed by atoms with van der Waals surface area (Å²) in [6, 6.07) is 6.32. The first-order valence-electron chi connectivity index (χ1n) is 6.38. The number of rotatable bonds is 5. The summed E-state index contributed by atoms with van der Waals surface area (Å²) in [5, 5.41) is 18.3. The van der Waals surface area contributed by atoms with Crippen LogP contribution in [0, 0.1) is 9.49 Å². The Morgan fingerprint density at radius 3 is 2.38 bits per heavy atom. The fourth-order valence-electron chi connectivity index (χ4n) is 2.37. The summed E-state index contributed by atoms with van der Waals surface area (Å²) in [6.45, 7) is -0.0461. The molecule has 1 aliphatic rings. The van der Waals surface area contributed by atoms with Crippen LogP contribution in [0.4, 0.5) is 0 Å². The second-order valence-corrected chi connectivity index (χ2v) is 6.22. The Kier molecular flexibility index (Phi) is 4.81. The van der Waals surface area contributed by atoms with Crippen LogP contribution >= 0.6 is 22.6 Å². The molecule has 1 saturated heterocycles. The number of aliphatic carboxylic acids is 2. The largest absolute Gasteiger partial charge is 0.481 e. The first-order valence-corrected chi connectivity index (χ1v) is 7.46. The zero-order chi connectivity index (χ0) is 15.6. The lowest BCUT2D eigenvalue weighted by molar-refractivity contribution is -0.148. The van der Waals surface area contributed by atoms with E-state index in [-0.39, 0.29) is 19.4 Å². The van der Waals surface area contributed by atoms with Crippen molar-refractivity contribution in [3.8, 4) is 0 Å². The van der Waals surface area contributed by atoms with Crippen LogP contribution < -0.4 is 0 Å². The van der Waals surface area contributed by atoms with Crippen molar-refractivity contribution >= 4 is 40.4 Å². The van der Waals surface area contributed by atoms with E-state index in [1.165, 1.54) is 4.90 Å². The van der Waals surface area contributed by atoms with E-state index in [1.54, 1.807) is 0 Å². The third-order valence-electron chi connectivity index (χ3n) is 3.51. The Hall–Kier alpha value is -1.64. The highest BCUT2D eigenvalue weighted by atomic mass is 127. The highest BCUT2D eigenvalue weighted by molar-refractivity contribution is 14.1. The average molecular weight is 403 g/mol. The van der Waals surface area contributed by atoms with E-state index in [0.717, 1.165) is 9.13 Å². The van der Waals surface area contributed by atoms with E-state index in [4.69, 9.17) is 5.11 Å². The van der Waals surface area contributed by atoms with E-state index < -0.39 is 29.8 Å². The minimum Gasteiger partial charge on any atom is -0.481 e. The number of carbonyl (C=O) groups is 3. The SMILES string of the molecule is O=C(O)C1CC(=O)N(C(Cc2ccc(I)cc2)C(=O)O)C1. The molecule has 1 fully saturated rings. The summed E-state index contributed by atoms with van der Waals surface area (Å²) >= 11 is 2.15. The summed E-state index contributed by atoms with van der Waals surface area (Å²) in [5.74, 6) is -3.42. The second kappa shape index (κ2) is 6.42. The molecule has 1 aromatic rings. The van der Waals surface area contributed by atoms with Gasteiger partial charge in [0.1, 0.15) is 6.04 Å². The maximum Gasteiger partial charge on any atom is 0.326 e. The Bertz CT molecular complexity index is 571. The summed E-state index contributed by atoms with van der Waals surface area (Å²) in [5.41, 5.74) is 0.800. The molecule has 0 aliphatic carbocycles. The van der Waals surface area contributed by atoms with Crippen LogP contribution in [-0.2, 0) is 20.8 Å². The number of nitrogens with zero attached hydrogens (tertiary/aromatic N) is 1. The van der Waals surface area contributed by atoms with Crippen molar-refractivity contribution in [2.75, 3.05) is 6.54 Å². The lowest BCUT2D eigenvalue weighted by Gasteiger charge is -2.24. The summed E-state index contributed by atoms with van der Waals surface area (Å²) in [7, 11) is 0. The lowest BCUT2D eigenvalue weighted by atomic mass is 10.0. The number of amides is 1. The van der Waals surface area contributed by atoms with E-state index in [2.05, 4.69) is 22.6 Å². The summed E-state index contributed by atoms with van der Waals surface area (Å²) < 4.78 is 1.03. The molecule has 1 amide bonds. The van der Waals surface area contributed by atoms with Crippen molar-refractivity contribution in [2.45, 2.75) is 18.9 Å². The zero-order valence-corrected chi connectivity index (χ0v) is 13.2. The minimum atomic E-state index is -1.12. The summed E-state index contributed by atoms with van der Waals surface area (Å²) in [6.07, 6.45) is 0.0378. The van der Waals surface area contributed by atoms with Crippen LogP contribution in [0.15, 0.2) is 24.3 Å². The van der Waals surface area contributed by atoms with Gasteiger partial charge in [-0.15, -0.1) is 0 Å². The molecular weight excluding hydrogens is 389 g/mol. The van der Waals surface area contributed by atoms with E-state index >= 15 is 0 Å². The minimum absolute atomic E-state index is 0.0461. The number of halogens is 1. The topological polar surface area (TPSA) is 94.9 Å². The van der Waals surface area contributed by atoms with Crippen molar-refractivity contribution in [2.24, 2.45) is 5.92 Å². The molecule has 1 heterocycles. The van der Waals surface area contributed by atoms with Gasteiger partial charge in [-0.1, -0.05) is 12.1 Å².